The number of rotatable bonds is 5. The van der Waals surface area contributed by atoms with E-state index in [1.54, 1.807) is 13.8 Å². The number of phosphoric acid groups is 1. The van der Waals surface area contributed by atoms with Crippen molar-refractivity contribution in [2.24, 2.45) is 0 Å². The van der Waals surface area contributed by atoms with Gasteiger partial charge >= 0.3 is 14.0 Å². The van der Waals surface area contributed by atoms with Crippen LogP contribution < -0.4 is 5.73 Å². The highest BCUT2D eigenvalue weighted by atomic mass is 31.2. The van der Waals surface area contributed by atoms with Crippen LogP contribution in [0.1, 0.15) is 26.5 Å². The molecule has 2 saturated heterocycles. The minimum Gasteiger partial charge on any atom is -0.432 e. The van der Waals surface area contributed by atoms with Crippen LogP contribution in [0.25, 0.3) is 5.65 Å². The number of carbonyl (C=O) groups is 1. The zero-order valence-corrected chi connectivity index (χ0v) is 18.6. The van der Waals surface area contributed by atoms with Crippen LogP contribution in [-0.2, 0) is 37.9 Å². The monoisotopic (exact) mass is 486 g/mol. The van der Waals surface area contributed by atoms with E-state index in [0.717, 1.165) is 17.8 Å². The van der Waals surface area contributed by atoms with Gasteiger partial charge in [0, 0.05) is 0 Å². The van der Waals surface area contributed by atoms with Gasteiger partial charge in [-0.1, -0.05) is 0 Å². The fourth-order valence-corrected chi connectivity index (χ4v) is 4.91. The van der Waals surface area contributed by atoms with Crippen LogP contribution >= 0.6 is 7.82 Å². The maximum atomic E-state index is 16.3. The van der Waals surface area contributed by atoms with Crippen LogP contribution in [0.4, 0.5) is 15.0 Å². The van der Waals surface area contributed by atoms with Gasteiger partial charge in [-0.15, -0.1) is 0 Å². The van der Waals surface area contributed by atoms with Crippen molar-refractivity contribution < 1.29 is 41.5 Å². The second-order valence-electron chi connectivity index (χ2n) is 7.63. The minimum absolute atomic E-state index is 0.00814. The van der Waals surface area contributed by atoms with E-state index in [-0.39, 0.29) is 17.2 Å². The molecule has 33 heavy (non-hydrogen) atoms. The minimum atomic E-state index is -4.38. The number of nitriles is 1. The number of anilines is 1. The van der Waals surface area contributed by atoms with E-state index in [1.807, 2.05) is 6.07 Å². The first-order chi connectivity index (χ1) is 15.5. The summed E-state index contributed by atoms with van der Waals surface area (Å²) in [5, 5.41) is 14.0. The fraction of sp³-hybridized carbons (Fsp3) is 0.588. The normalized spacial score (nSPS) is 33.6. The average molecular weight is 486 g/mol. The van der Waals surface area contributed by atoms with Crippen LogP contribution in [0.2, 0.25) is 0 Å². The van der Waals surface area contributed by atoms with Crippen molar-refractivity contribution in [2.75, 3.05) is 19.1 Å². The number of imidazole rings is 1. The van der Waals surface area contributed by atoms with Gasteiger partial charge in [0.25, 0.3) is 0 Å². The number of hydrogen-bond donors (Lipinski definition) is 1. The van der Waals surface area contributed by atoms with E-state index < -0.39 is 57.0 Å². The number of nitrogens with two attached hydrogens (primary N) is 1. The highest BCUT2D eigenvalue weighted by molar-refractivity contribution is 7.48. The molecule has 1 unspecified atom stereocenters. The van der Waals surface area contributed by atoms with E-state index in [4.69, 9.17) is 28.8 Å². The Morgan fingerprint density at radius 3 is 2.97 bits per heavy atom. The summed E-state index contributed by atoms with van der Waals surface area (Å²) in [4.78, 5) is 19.3. The van der Waals surface area contributed by atoms with Gasteiger partial charge in [0.1, 0.15) is 30.3 Å². The fourth-order valence-electron chi connectivity index (χ4n) is 3.59. The molecule has 0 aromatic carbocycles. The number of alkyl halides is 1. The van der Waals surface area contributed by atoms with Crippen molar-refractivity contribution >= 4 is 25.4 Å². The Morgan fingerprint density at radius 2 is 2.27 bits per heavy atom. The molecule has 0 aliphatic carbocycles. The quantitative estimate of drug-likeness (QED) is 0.366. The number of fused-ring (bicyclic) bond motifs is 2. The average Bonchev–Trinajstić information content (AvgIpc) is 3.26. The molecule has 4 rings (SSSR count). The molecule has 0 bridgehead atoms. The number of hydrogen-bond acceptors (Lipinski definition) is 13. The van der Waals surface area contributed by atoms with E-state index in [0.29, 0.717) is 0 Å². The lowest BCUT2D eigenvalue weighted by Crippen LogP contribution is -2.50. The zero-order valence-electron chi connectivity index (χ0n) is 17.7. The second kappa shape index (κ2) is 8.15. The highest BCUT2D eigenvalue weighted by Gasteiger charge is 2.71. The Bertz CT molecular complexity index is 1170. The SMILES string of the molecule is CC(C)OC(=O)OCOP1(=O)OC[C@H]2O[C@@](C#N)(c3cnc4c(N)ncnn34)[C@](C)(F)[C@@H]2O1. The molecule has 2 aromatic heterocycles. The molecule has 14 nitrogen and oxygen atoms in total. The number of nitrogen functional groups attached to an aromatic ring is 1. The summed E-state index contributed by atoms with van der Waals surface area (Å²) < 4.78 is 60.7. The molecule has 178 valence electrons. The summed E-state index contributed by atoms with van der Waals surface area (Å²) in [5.41, 5.74) is 0.927. The standard InChI is InChI=1S/C17H20FN6O8P/c1-9(2)30-15(25)27-8-29-33(26)28-5-10-12(32-33)16(3,18)17(6-19,31-10)11-4-21-14-13(20)22-7-23-24(11)14/h4,7,9-10,12H,5,8H2,1-3H3,(H2,20,22,23)/t10-,12-,16-,17+,33?/m1/s1. The Hall–Kier alpha value is -2.89. The maximum Gasteiger partial charge on any atom is 0.510 e. The third-order valence-electron chi connectivity index (χ3n) is 5.10. The molecule has 5 atom stereocenters. The Labute approximate surface area is 186 Å². The Balaban J connectivity index is 1.58. The molecule has 2 fully saturated rings. The second-order valence-corrected chi connectivity index (χ2v) is 9.25. The maximum absolute atomic E-state index is 16.3. The summed E-state index contributed by atoms with van der Waals surface area (Å²) >= 11 is 0. The summed E-state index contributed by atoms with van der Waals surface area (Å²) in [6, 6.07) is 1.83. The number of halogens is 1. The van der Waals surface area contributed by atoms with Gasteiger partial charge in [-0.25, -0.2) is 32.8 Å². The predicted molar refractivity (Wildman–Crippen MR) is 104 cm³/mol. The highest BCUT2D eigenvalue weighted by Crippen LogP contribution is 2.61. The van der Waals surface area contributed by atoms with E-state index in [9.17, 15) is 14.6 Å². The molecule has 0 saturated carbocycles. The van der Waals surface area contributed by atoms with Gasteiger partial charge in [-0.2, -0.15) is 10.4 Å². The molecular weight excluding hydrogens is 466 g/mol. The van der Waals surface area contributed by atoms with Crippen LogP contribution in [0.15, 0.2) is 12.5 Å². The third kappa shape index (κ3) is 3.79. The molecule has 2 N–H and O–H groups in total. The van der Waals surface area contributed by atoms with Gasteiger partial charge < -0.3 is 19.9 Å². The smallest absolute Gasteiger partial charge is 0.432 e. The van der Waals surface area contributed by atoms with E-state index in [2.05, 4.69) is 19.8 Å². The van der Waals surface area contributed by atoms with Gasteiger partial charge in [-0.05, 0) is 20.8 Å². The largest absolute Gasteiger partial charge is 0.510 e. The number of ether oxygens (including phenoxy) is 3. The Morgan fingerprint density at radius 1 is 1.52 bits per heavy atom. The molecular formula is C17H20FN6O8P. The number of phosphoric ester groups is 1. The van der Waals surface area contributed by atoms with E-state index >= 15 is 4.39 Å². The summed E-state index contributed by atoms with van der Waals surface area (Å²) in [6.45, 7) is 2.99. The van der Waals surface area contributed by atoms with Crippen LogP contribution in [0, 0.1) is 11.3 Å². The lowest BCUT2D eigenvalue weighted by atomic mass is 9.82. The van der Waals surface area contributed by atoms with Crippen LogP contribution in [0.3, 0.4) is 0 Å². The van der Waals surface area contributed by atoms with Crippen molar-refractivity contribution in [3.05, 3.63) is 18.2 Å². The van der Waals surface area contributed by atoms with Crippen LogP contribution in [-0.4, -0.2) is 63.1 Å². The number of carbonyl (C=O) groups excluding carboxylic acids is 1. The first-order valence-electron chi connectivity index (χ1n) is 9.66. The first-order valence-corrected chi connectivity index (χ1v) is 11.1. The lowest BCUT2D eigenvalue weighted by molar-refractivity contribution is -0.0873. The predicted octanol–water partition coefficient (Wildman–Crippen LogP) is 1.61. The van der Waals surface area contributed by atoms with E-state index in [1.165, 1.54) is 6.20 Å². The molecule has 16 heteroatoms. The molecule has 4 heterocycles. The van der Waals surface area contributed by atoms with Crippen molar-refractivity contribution in [3.8, 4) is 6.07 Å². The van der Waals surface area contributed by atoms with Crippen molar-refractivity contribution in [1.29, 1.82) is 5.26 Å². The van der Waals surface area contributed by atoms with Gasteiger partial charge in [0.15, 0.2) is 17.1 Å². The van der Waals surface area contributed by atoms with Crippen molar-refractivity contribution in [1.82, 2.24) is 19.6 Å². The lowest BCUT2D eigenvalue weighted by Gasteiger charge is -2.34. The third-order valence-corrected chi connectivity index (χ3v) is 6.47. The topological polar surface area (TPSA) is 182 Å². The molecule has 2 aliphatic heterocycles. The van der Waals surface area contributed by atoms with Crippen molar-refractivity contribution in [3.63, 3.8) is 0 Å². The van der Waals surface area contributed by atoms with Gasteiger partial charge in [0.2, 0.25) is 12.4 Å². The zero-order chi connectivity index (χ0) is 24.0. The first kappa shape index (κ1) is 23.3. The van der Waals surface area contributed by atoms with Crippen molar-refractivity contribution in [2.45, 2.75) is 50.4 Å². The number of nitrogens with zero attached hydrogens (tertiary/aromatic N) is 5. The summed E-state index contributed by atoms with van der Waals surface area (Å²) in [5.74, 6) is 0.00814. The van der Waals surface area contributed by atoms with Crippen LogP contribution in [0.5, 0.6) is 0 Å². The number of aromatic nitrogens is 4. The van der Waals surface area contributed by atoms with Gasteiger partial charge in [-0.3, -0.25) is 9.05 Å². The molecule has 0 amide bonds. The summed E-state index contributed by atoms with van der Waals surface area (Å²) in [7, 11) is -4.38. The Kier molecular flexibility index (Phi) is 5.75. The molecule has 2 aromatic rings. The van der Waals surface area contributed by atoms with Gasteiger partial charge in [0.05, 0.1) is 18.9 Å². The molecule has 0 spiro atoms. The summed E-state index contributed by atoms with van der Waals surface area (Å²) in [6.07, 6.45) is -1.90. The molecule has 2 aliphatic rings. The molecule has 0 radical (unpaired) electrons.